The van der Waals surface area contributed by atoms with Crippen molar-refractivity contribution in [2.75, 3.05) is 10.6 Å². The van der Waals surface area contributed by atoms with Gasteiger partial charge in [0.2, 0.25) is 0 Å². The summed E-state index contributed by atoms with van der Waals surface area (Å²) in [6, 6.07) is 15.7. The standard InChI is InChI=1S/C32H32FN5/c1-6-23-11-13-25(24(7-2)16-23)12-9-20(3)8-10-21(4)26-17-28(33)32-31(18-26)38(37-36-32)27-14-15-29-30(19-27)35-22(5)34-29/h1,10-11,13-20,34-35H,5,7-9,12H2,2-4H3/b21-10+. The molecule has 2 N–H and O–H groups in total. The molecule has 5 nitrogen and oxygen atoms in total. The predicted molar refractivity (Wildman–Crippen MR) is 155 cm³/mol. The fraction of sp³-hybridized carbons (Fsp3) is 0.250. The maximum Gasteiger partial charge on any atom is 0.153 e. The number of hydrogen-bond acceptors (Lipinski definition) is 4. The van der Waals surface area contributed by atoms with E-state index in [2.05, 4.69) is 65.5 Å². The fourth-order valence-corrected chi connectivity index (χ4v) is 4.94. The van der Waals surface area contributed by atoms with Crippen LogP contribution in [0.5, 0.6) is 0 Å². The first-order chi connectivity index (χ1) is 18.4. The van der Waals surface area contributed by atoms with Crippen molar-refractivity contribution in [1.29, 1.82) is 0 Å². The van der Waals surface area contributed by atoms with Crippen molar-refractivity contribution in [2.24, 2.45) is 5.92 Å². The van der Waals surface area contributed by atoms with Gasteiger partial charge in [0.25, 0.3) is 0 Å². The number of aromatic nitrogens is 3. The molecule has 0 amide bonds. The third-order valence-electron chi connectivity index (χ3n) is 7.27. The Morgan fingerprint density at radius 3 is 2.74 bits per heavy atom. The minimum atomic E-state index is -0.374. The van der Waals surface area contributed by atoms with Gasteiger partial charge in [0, 0.05) is 5.56 Å². The molecule has 38 heavy (non-hydrogen) atoms. The smallest absolute Gasteiger partial charge is 0.153 e. The molecule has 0 radical (unpaired) electrons. The Kier molecular flexibility index (Phi) is 7.02. The van der Waals surface area contributed by atoms with E-state index in [1.54, 1.807) is 10.7 Å². The third-order valence-corrected chi connectivity index (χ3v) is 7.27. The van der Waals surface area contributed by atoms with Crippen molar-refractivity contribution in [3.63, 3.8) is 0 Å². The van der Waals surface area contributed by atoms with Crippen molar-refractivity contribution in [1.82, 2.24) is 15.0 Å². The van der Waals surface area contributed by atoms with Crippen LogP contribution in [-0.4, -0.2) is 15.0 Å². The first kappa shape index (κ1) is 25.3. The van der Waals surface area contributed by atoms with E-state index in [0.29, 0.717) is 11.4 Å². The molecule has 1 unspecified atom stereocenters. The number of aryl methyl sites for hydroxylation is 2. The molecule has 4 aromatic rings. The van der Waals surface area contributed by atoms with Gasteiger partial charge in [0.1, 0.15) is 11.3 Å². The lowest BCUT2D eigenvalue weighted by molar-refractivity contribution is 0.539. The molecule has 1 aromatic heterocycles. The van der Waals surface area contributed by atoms with Crippen LogP contribution in [0.2, 0.25) is 0 Å². The molecule has 1 aliphatic rings. The van der Waals surface area contributed by atoms with Crippen molar-refractivity contribution >= 4 is 28.0 Å². The number of nitrogens with zero attached hydrogens (tertiary/aromatic N) is 3. The minimum Gasteiger partial charge on any atom is -0.341 e. The average molecular weight is 506 g/mol. The van der Waals surface area contributed by atoms with Gasteiger partial charge in [0.05, 0.1) is 22.6 Å². The SMILES string of the molecule is C#Cc1ccc(CCC(C)C/C=C(\C)c2cc(F)c3nnn(-c4ccc5c(c4)NC(=C)N5)c3c2)c(CC)c1. The molecule has 2 heterocycles. The molecular formula is C32H32FN5. The summed E-state index contributed by atoms with van der Waals surface area (Å²) in [5, 5.41) is 14.7. The normalized spacial score (nSPS) is 13.7. The van der Waals surface area contributed by atoms with Crippen molar-refractivity contribution < 1.29 is 4.39 Å². The number of allylic oxidation sites excluding steroid dienone is 2. The van der Waals surface area contributed by atoms with E-state index < -0.39 is 0 Å². The Morgan fingerprint density at radius 1 is 1.13 bits per heavy atom. The van der Waals surface area contributed by atoms with E-state index in [-0.39, 0.29) is 11.3 Å². The second-order valence-electron chi connectivity index (χ2n) is 10.0. The van der Waals surface area contributed by atoms with Crippen LogP contribution >= 0.6 is 0 Å². The van der Waals surface area contributed by atoms with Gasteiger partial charge >= 0.3 is 0 Å². The molecule has 0 bridgehead atoms. The largest absolute Gasteiger partial charge is 0.341 e. The van der Waals surface area contributed by atoms with Crippen LogP contribution in [0.25, 0.3) is 22.3 Å². The summed E-state index contributed by atoms with van der Waals surface area (Å²) in [5.41, 5.74) is 9.03. The zero-order valence-electron chi connectivity index (χ0n) is 22.1. The van der Waals surface area contributed by atoms with Crippen LogP contribution in [-0.2, 0) is 12.8 Å². The Bertz CT molecular complexity index is 1600. The van der Waals surface area contributed by atoms with Gasteiger partial charge < -0.3 is 10.6 Å². The molecule has 1 aliphatic heterocycles. The van der Waals surface area contributed by atoms with Crippen LogP contribution < -0.4 is 10.6 Å². The number of nitrogens with one attached hydrogen (secondary N) is 2. The molecule has 0 spiro atoms. The summed E-state index contributed by atoms with van der Waals surface area (Å²) in [7, 11) is 0. The second-order valence-corrected chi connectivity index (χ2v) is 10.0. The molecule has 5 rings (SSSR count). The minimum absolute atomic E-state index is 0.258. The number of rotatable bonds is 8. The molecule has 3 aromatic carbocycles. The predicted octanol–water partition coefficient (Wildman–Crippen LogP) is 7.47. The van der Waals surface area contributed by atoms with Gasteiger partial charge in [-0.05, 0) is 103 Å². The number of halogens is 1. The van der Waals surface area contributed by atoms with E-state index in [9.17, 15) is 0 Å². The molecule has 6 heteroatoms. The summed E-state index contributed by atoms with van der Waals surface area (Å²) in [6.45, 7) is 10.4. The van der Waals surface area contributed by atoms with Crippen LogP contribution in [0.4, 0.5) is 15.8 Å². The highest BCUT2D eigenvalue weighted by Crippen LogP contribution is 2.33. The number of benzene rings is 3. The third kappa shape index (κ3) is 5.05. The summed E-state index contributed by atoms with van der Waals surface area (Å²) in [4.78, 5) is 0. The topological polar surface area (TPSA) is 54.8 Å². The van der Waals surface area contributed by atoms with Crippen molar-refractivity contribution in [3.8, 4) is 18.0 Å². The maximum atomic E-state index is 15.1. The molecule has 1 atom stereocenters. The summed E-state index contributed by atoms with van der Waals surface area (Å²) in [6.07, 6.45) is 11.8. The lowest BCUT2D eigenvalue weighted by atomic mass is 9.93. The monoisotopic (exact) mass is 505 g/mol. The molecule has 0 saturated carbocycles. The number of hydrogen-bond donors (Lipinski definition) is 2. The average Bonchev–Trinajstić information content (AvgIpc) is 3.52. The van der Waals surface area contributed by atoms with E-state index in [1.165, 1.54) is 11.1 Å². The molecule has 192 valence electrons. The Hall–Kier alpha value is -4.37. The zero-order valence-corrected chi connectivity index (χ0v) is 22.1. The van der Waals surface area contributed by atoms with Crippen molar-refractivity contribution in [3.05, 3.63) is 95.1 Å². The molecule has 0 saturated heterocycles. The summed E-state index contributed by atoms with van der Waals surface area (Å²) >= 11 is 0. The van der Waals surface area contributed by atoms with Gasteiger partial charge in [-0.2, -0.15) is 0 Å². The zero-order chi connectivity index (χ0) is 26.8. The van der Waals surface area contributed by atoms with Crippen LogP contribution in [0, 0.1) is 24.1 Å². The maximum absolute atomic E-state index is 15.1. The Balaban J connectivity index is 1.32. The first-order valence-electron chi connectivity index (χ1n) is 13.0. The van der Waals surface area contributed by atoms with Crippen LogP contribution in [0.3, 0.4) is 0 Å². The molecule has 0 fully saturated rings. The van der Waals surface area contributed by atoms with E-state index >= 15 is 4.39 Å². The summed E-state index contributed by atoms with van der Waals surface area (Å²) < 4.78 is 16.7. The van der Waals surface area contributed by atoms with Gasteiger partial charge in [-0.25, -0.2) is 9.07 Å². The number of terminal acetylenes is 1. The molecular weight excluding hydrogens is 473 g/mol. The quantitative estimate of drug-likeness (QED) is 0.244. The van der Waals surface area contributed by atoms with Gasteiger partial charge in [0.15, 0.2) is 5.82 Å². The second kappa shape index (κ2) is 10.5. The van der Waals surface area contributed by atoms with Gasteiger partial charge in [-0.3, -0.25) is 0 Å². The lowest BCUT2D eigenvalue weighted by Crippen LogP contribution is -2.00. The van der Waals surface area contributed by atoms with Crippen LogP contribution in [0.15, 0.2) is 67.0 Å². The Morgan fingerprint density at radius 2 is 1.95 bits per heavy atom. The number of fused-ring (bicyclic) bond motifs is 2. The summed E-state index contributed by atoms with van der Waals surface area (Å²) in [5.74, 6) is 3.56. The highest BCUT2D eigenvalue weighted by Gasteiger charge is 2.17. The number of anilines is 2. The van der Waals surface area contributed by atoms with Crippen LogP contribution in [0.1, 0.15) is 55.9 Å². The van der Waals surface area contributed by atoms with E-state index in [4.69, 9.17) is 6.42 Å². The van der Waals surface area contributed by atoms with Gasteiger partial charge in [-0.15, -0.1) is 11.5 Å². The van der Waals surface area contributed by atoms with Gasteiger partial charge in [-0.1, -0.05) is 43.7 Å². The van der Waals surface area contributed by atoms with E-state index in [1.807, 2.05) is 37.3 Å². The molecule has 0 aliphatic carbocycles. The Labute approximate surface area is 223 Å². The lowest BCUT2D eigenvalue weighted by Gasteiger charge is -2.13. The van der Waals surface area contributed by atoms with E-state index in [0.717, 1.165) is 65.3 Å². The fourth-order valence-electron chi connectivity index (χ4n) is 4.94. The highest BCUT2D eigenvalue weighted by molar-refractivity contribution is 5.84. The highest BCUT2D eigenvalue weighted by atomic mass is 19.1. The first-order valence-corrected chi connectivity index (χ1v) is 13.0. The van der Waals surface area contributed by atoms with Crippen molar-refractivity contribution in [2.45, 2.75) is 46.5 Å².